The van der Waals surface area contributed by atoms with Crippen molar-refractivity contribution in [2.24, 2.45) is 11.3 Å². The third kappa shape index (κ3) is 2.12. The first-order valence-corrected chi connectivity index (χ1v) is 5.87. The molecule has 0 spiro atoms. The van der Waals surface area contributed by atoms with Crippen molar-refractivity contribution in [3.05, 3.63) is 28.8 Å². The number of benzene rings is 1. The van der Waals surface area contributed by atoms with Gasteiger partial charge in [0.2, 0.25) is 0 Å². The first-order valence-electron chi connectivity index (χ1n) is 5.49. The van der Waals surface area contributed by atoms with Crippen LogP contribution in [0.2, 0.25) is 5.02 Å². The number of hydrogen-bond acceptors (Lipinski definition) is 2. The average Bonchev–Trinajstić information content (AvgIpc) is 2.73. The van der Waals surface area contributed by atoms with Crippen molar-refractivity contribution in [2.45, 2.75) is 26.9 Å². The first-order chi connectivity index (χ1) is 7.84. The summed E-state index contributed by atoms with van der Waals surface area (Å²) in [6.45, 7) is 5.72. The molecular formula is C13H15ClO3. The quantitative estimate of drug-likeness (QED) is 0.901. The lowest BCUT2D eigenvalue weighted by Gasteiger charge is -2.09. The molecule has 1 aliphatic carbocycles. The molecule has 2 rings (SSSR count). The summed E-state index contributed by atoms with van der Waals surface area (Å²) < 4.78 is 5.69. The van der Waals surface area contributed by atoms with Crippen LogP contribution in [0.15, 0.2) is 18.2 Å². The Hall–Kier alpha value is -1.22. The first kappa shape index (κ1) is 12.2. The topological polar surface area (TPSA) is 46.5 Å². The summed E-state index contributed by atoms with van der Waals surface area (Å²) in [5.74, 6) is -0.720. The van der Waals surface area contributed by atoms with Gasteiger partial charge in [0.1, 0.15) is 17.8 Å². The second-order valence-corrected chi connectivity index (χ2v) is 5.52. The number of carboxylic acid groups (broad SMARTS) is 1. The largest absolute Gasteiger partial charge is 0.487 e. The van der Waals surface area contributed by atoms with E-state index in [0.717, 1.165) is 5.56 Å². The maximum absolute atomic E-state index is 11.0. The Bertz CT molecular complexity index is 468. The molecule has 1 fully saturated rings. The summed E-state index contributed by atoms with van der Waals surface area (Å²) in [7, 11) is 0. The van der Waals surface area contributed by atoms with Gasteiger partial charge < -0.3 is 9.84 Å². The van der Waals surface area contributed by atoms with Crippen LogP contribution in [0.4, 0.5) is 0 Å². The Labute approximate surface area is 105 Å². The van der Waals surface area contributed by atoms with Crippen LogP contribution in [0, 0.1) is 18.3 Å². The predicted octanol–water partition coefficient (Wildman–Crippen LogP) is 3.14. The number of rotatable bonds is 3. The van der Waals surface area contributed by atoms with Gasteiger partial charge in [0.25, 0.3) is 0 Å². The highest BCUT2D eigenvalue weighted by Crippen LogP contribution is 2.54. The maximum Gasteiger partial charge on any atom is 0.310 e. The van der Waals surface area contributed by atoms with E-state index in [1.165, 1.54) is 0 Å². The highest BCUT2D eigenvalue weighted by molar-refractivity contribution is 6.32. The van der Waals surface area contributed by atoms with Gasteiger partial charge >= 0.3 is 5.97 Å². The summed E-state index contributed by atoms with van der Waals surface area (Å²) >= 11 is 6.05. The normalized spacial score (nSPS) is 25.4. The Balaban J connectivity index is 2.15. The SMILES string of the molecule is Cc1ccc(OC2C(C(=O)O)C2(C)C)c(Cl)c1. The molecule has 1 saturated carbocycles. The summed E-state index contributed by atoms with van der Waals surface area (Å²) in [6, 6.07) is 5.49. The van der Waals surface area contributed by atoms with Gasteiger partial charge in [-0.05, 0) is 24.6 Å². The minimum atomic E-state index is -0.816. The fraction of sp³-hybridized carbons (Fsp3) is 0.462. The highest BCUT2D eigenvalue weighted by Gasteiger charge is 2.65. The Morgan fingerprint density at radius 3 is 2.59 bits per heavy atom. The molecule has 17 heavy (non-hydrogen) atoms. The second kappa shape index (κ2) is 3.91. The molecule has 1 aromatic rings. The summed E-state index contributed by atoms with van der Waals surface area (Å²) in [6.07, 6.45) is -0.305. The fourth-order valence-corrected chi connectivity index (χ4v) is 2.38. The minimum absolute atomic E-state index is 0.305. The van der Waals surface area contributed by atoms with Crippen molar-refractivity contribution >= 4 is 17.6 Å². The van der Waals surface area contributed by atoms with E-state index in [1.807, 2.05) is 32.9 Å². The van der Waals surface area contributed by atoms with Crippen molar-refractivity contribution in [1.29, 1.82) is 0 Å². The Kier molecular flexibility index (Phi) is 2.82. The van der Waals surface area contributed by atoms with E-state index in [2.05, 4.69) is 0 Å². The van der Waals surface area contributed by atoms with E-state index < -0.39 is 11.9 Å². The smallest absolute Gasteiger partial charge is 0.310 e. The van der Waals surface area contributed by atoms with Crippen molar-refractivity contribution < 1.29 is 14.6 Å². The van der Waals surface area contributed by atoms with Crippen LogP contribution in [-0.2, 0) is 4.79 Å². The standard InChI is InChI=1S/C13H15ClO3/c1-7-4-5-9(8(14)6-7)17-11-10(12(15)16)13(11,2)3/h4-6,10-11H,1-3H3,(H,15,16). The van der Waals surface area contributed by atoms with E-state index in [4.69, 9.17) is 21.4 Å². The van der Waals surface area contributed by atoms with Crippen LogP contribution in [0.5, 0.6) is 5.75 Å². The molecule has 3 nitrogen and oxygen atoms in total. The van der Waals surface area contributed by atoms with Gasteiger partial charge in [0.05, 0.1) is 5.02 Å². The zero-order valence-corrected chi connectivity index (χ0v) is 10.8. The summed E-state index contributed by atoms with van der Waals surface area (Å²) in [5, 5.41) is 9.56. The Morgan fingerprint density at radius 1 is 1.47 bits per heavy atom. The molecule has 0 aliphatic heterocycles. The van der Waals surface area contributed by atoms with E-state index in [-0.39, 0.29) is 11.5 Å². The molecule has 1 aliphatic rings. The molecule has 0 radical (unpaired) electrons. The number of aryl methyl sites for hydroxylation is 1. The van der Waals surface area contributed by atoms with Gasteiger partial charge in [-0.15, -0.1) is 0 Å². The van der Waals surface area contributed by atoms with Crippen molar-refractivity contribution in [1.82, 2.24) is 0 Å². The monoisotopic (exact) mass is 254 g/mol. The molecule has 2 atom stereocenters. The number of carboxylic acids is 1. The fourth-order valence-electron chi connectivity index (χ4n) is 2.10. The minimum Gasteiger partial charge on any atom is -0.487 e. The number of hydrogen-bond donors (Lipinski definition) is 1. The zero-order chi connectivity index (χ0) is 12.8. The maximum atomic E-state index is 11.0. The molecule has 0 amide bonds. The summed E-state index contributed by atoms with van der Waals surface area (Å²) in [5.41, 5.74) is 0.715. The van der Waals surface area contributed by atoms with Crippen LogP contribution < -0.4 is 4.74 Å². The van der Waals surface area contributed by atoms with Crippen LogP contribution in [-0.4, -0.2) is 17.2 Å². The van der Waals surface area contributed by atoms with Crippen molar-refractivity contribution in [2.75, 3.05) is 0 Å². The molecule has 0 aromatic heterocycles. The predicted molar refractivity (Wildman–Crippen MR) is 65.5 cm³/mol. The molecule has 1 aromatic carbocycles. The van der Waals surface area contributed by atoms with Crippen LogP contribution in [0.25, 0.3) is 0 Å². The second-order valence-electron chi connectivity index (χ2n) is 5.11. The molecule has 0 heterocycles. The van der Waals surface area contributed by atoms with Gasteiger partial charge in [-0.3, -0.25) is 4.79 Å². The third-order valence-corrected chi connectivity index (χ3v) is 3.63. The average molecular weight is 255 g/mol. The molecule has 2 unspecified atom stereocenters. The molecule has 4 heteroatoms. The number of ether oxygens (including phenoxy) is 1. The third-order valence-electron chi connectivity index (χ3n) is 3.34. The lowest BCUT2D eigenvalue weighted by Crippen LogP contribution is -2.07. The van der Waals surface area contributed by atoms with E-state index in [0.29, 0.717) is 10.8 Å². The van der Waals surface area contributed by atoms with Crippen LogP contribution >= 0.6 is 11.6 Å². The van der Waals surface area contributed by atoms with E-state index in [1.54, 1.807) is 6.07 Å². The number of halogens is 1. The van der Waals surface area contributed by atoms with Crippen molar-refractivity contribution in [3.63, 3.8) is 0 Å². The van der Waals surface area contributed by atoms with Gasteiger partial charge in [0.15, 0.2) is 0 Å². The Morgan fingerprint density at radius 2 is 2.12 bits per heavy atom. The molecule has 92 valence electrons. The zero-order valence-electron chi connectivity index (χ0n) is 10.0. The van der Waals surface area contributed by atoms with Crippen molar-refractivity contribution in [3.8, 4) is 5.75 Å². The van der Waals surface area contributed by atoms with E-state index >= 15 is 0 Å². The summed E-state index contributed by atoms with van der Waals surface area (Å²) in [4.78, 5) is 11.0. The lowest BCUT2D eigenvalue weighted by molar-refractivity contribution is -0.139. The van der Waals surface area contributed by atoms with E-state index in [9.17, 15) is 4.79 Å². The van der Waals surface area contributed by atoms with Crippen LogP contribution in [0.3, 0.4) is 0 Å². The number of aliphatic carboxylic acids is 1. The molecule has 0 bridgehead atoms. The van der Waals surface area contributed by atoms with Crippen LogP contribution in [0.1, 0.15) is 19.4 Å². The lowest BCUT2D eigenvalue weighted by atomic mass is 10.1. The number of carbonyl (C=O) groups is 1. The molecule has 1 N–H and O–H groups in total. The molecule has 0 saturated heterocycles. The highest BCUT2D eigenvalue weighted by atomic mass is 35.5. The van der Waals surface area contributed by atoms with Gasteiger partial charge in [-0.1, -0.05) is 31.5 Å². The van der Waals surface area contributed by atoms with Gasteiger partial charge in [0, 0.05) is 5.41 Å². The molecular weight excluding hydrogens is 240 g/mol. The van der Waals surface area contributed by atoms with Gasteiger partial charge in [-0.2, -0.15) is 0 Å². The van der Waals surface area contributed by atoms with Gasteiger partial charge in [-0.25, -0.2) is 0 Å².